The molecule has 0 spiro atoms. The van der Waals surface area contributed by atoms with Gasteiger partial charge in [-0.05, 0) is 0 Å². The molecule has 0 aromatic heterocycles. The van der Waals surface area contributed by atoms with E-state index in [9.17, 15) is 4.79 Å². The number of hydrogen-bond donors (Lipinski definition) is 0. The number of hydrogen-bond acceptors (Lipinski definition) is 4. The summed E-state index contributed by atoms with van der Waals surface area (Å²) in [7, 11) is 4.19. The van der Waals surface area contributed by atoms with Crippen molar-refractivity contribution in [2.45, 2.75) is 163 Å². The van der Waals surface area contributed by atoms with Crippen LogP contribution in [0.5, 0.6) is 0 Å². The molecule has 278 valence electrons. The van der Waals surface area contributed by atoms with Gasteiger partial charge in [-0.2, -0.15) is 0 Å². The summed E-state index contributed by atoms with van der Waals surface area (Å²) in [6.07, 6.45) is 1.88. The summed E-state index contributed by atoms with van der Waals surface area (Å²) in [5.41, 5.74) is 7.68. The van der Waals surface area contributed by atoms with E-state index in [-0.39, 0.29) is 38.3 Å². The Morgan fingerprint density at radius 1 is 0.720 bits per heavy atom. The average Bonchev–Trinajstić information content (AvgIpc) is 2.97. The molecule has 0 radical (unpaired) electrons. The molecule has 50 heavy (non-hydrogen) atoms. The van der Waals surface area contributed by atoms with Crippen molar-refractivity contribution in [2.75, 3.05) is 14.2 Å². The number of rotatable bonds is 7. The summed E-state index contributed by atoms with van der Waals surface area (Å²) < 4.78 is 21.4. The molecule has 3 rings (SSSR count). The van der Waals surface area contributed by atoms with Crippen molar-refractivity contribution in [3.05, 3.63) is 69.7 Å². The van der Waals surface area contributed by atoms with Gasteiger partial charge in [0.05, 0.1) is 0 Å². The summed E-state index contributed by atoms with van der Waals surface area (Å²) in [6, 6.07) is 9.75. The average molecular weight is 766 g/mol. The molecule has 2 aromatic rings. The first-order valence-corrected chi connectivity index (χ1v) is 23.5. The first kappa shape index (κ1) is 42.4. The van der Waals surface area contributed by atoms with Crippen LogP contribution in [0.2, 0.25) is 4.25 Å². The van der Waals surface area contributed by atoms with Crippen molar-refractivity contribution in [1.82, 2.24) is 0 Å². The maximum atomic E-state index is 14.2. The normalized spacial score (nSPS) is 20.0. The Morgan fingerprint density at radius 2 is 1.18 bits per heavy atom. The molecule has 0 bridgehead atoms. The fourth-order valence-electron chi connectivity index (χ4n) is 7.14. The van der Waals surface area contributed by atoms with Crippen molar-refractivity contribution in [2.24, 2.45) is 5.92 Å². The predicted octanol–water partition coefficient (Wildman–Crippen LogP) is 11.2. The van der Waals surface area contributed by atoms with Crippen LogP contribution in [0.3, 0.4) is 0 Å². The fourth-order valence-corrected chi connectivity index (χ4v) is 23.5. The standard InChI is InChI=1S/C44H69GeO4P/c1-26(2)29-21-31(27(3)4)37(32(22-29)28(5)6)45(44(16,17)18)39(33(40(46)48-20)25-36(47-19)49-45)50-38-34(42(10,11)12)23-30(41(7,8)9)24-35(38)43(13,14)15/h21-28,33H,1-20H3. The minimum absolute atomic E-state index is 0.0232. The number of ether oxygens (including phenoxy) is 2. The zero-order valence-corrected chi connectivity index (χ0v) is 38.3. The van der Waals surface area contributed by atoms with Gasteiger partial charge in [0.15, 0.2) is 0 Å². The summed E-state index contributed by atoms with van der Waals surface area (Å²) in [6.45, 7) is 41.6. The molecule has 2 unspecified atom stereocenters. The SMILES string of the molecule is COC(=O)C1C=C(OC)[O][Ge]([c]2c(C(C)C)cc(C(C)C)cc2C(C)C)([C](C)(C)C)[C]1=Pc1c(C(C)(C)C)cc(C(C)(C)C)cc1C(C)(C)C. The number of carbonyl (C=O) groups is 1. The van der Waals surface area contributed by atoms with Crippen LogP contribution >= 0.6 is 8.20 Å². The van der Waals surface area contributed by atoms with Crippen molar-refractivity contribution < 1.29 is 18.0 Å². The van der Waals surface area contributed by atoms with Gasteiger partial charge < -0.3 is 0 Å². The second-order valence-corrected chi connectivity index (χ2v) is 30.1. The van der Waals surface area contributed by atoms with Crippen LogP contribution in [0.4, 0.5) is 0 Å². The van der Waals surface area contributed by atoms with Crippen molar-refractivity contribution >= 4 is 41.6 Å². The van der Waals surface area contributed by atoms with E-state index in [0.29, 0.717) is 11.9 Å². The van der Waals surface area contributed by atoms with Gasteiger partial charge in [-0.3, -0.25) is 0 Å². The Labute approximate surface area is 311 Å². The molecule has 1 aliphatic heterocycles. The Kier molecular flexibility index (Phi) is 12.5. The van der Waals surface area contributed by atoms with Crippen LogP contribution in [0, 0.1) is 5.92 Å². The van der Waals surface area contributed by atoms with E-state index in [2.05, 4.69) is 149 Å². The van der Waals surface area contributed by atoms with E-state index in [0.717, 1.165) is 12.3 Å². The van der Waals surface area contributed by atoms with Crippen LogP contribution in [0.1, 0.15) is 176 Å². The van der Waals surface area contributed by atoms with Gasteiger partial charge >= 0.3 is 312 Å². The summed E-state index contributed by atoms with van der Waals surface area (Å²) in [5.74, 6) is 0.443. The van der Waals surface area contributed by atoms with E-state index < -0.39 is 19.5 Å². The quantitative estimate of drug-likeness (QED) is 0.160. The van der Waals surface area contributed by atoms with E-state index in [1.54, 1.807) is 7.11 Å². The Morgan fingerprint density at radius 3 is 1.50 bits per heavy atom. The molecule has 0 N–H and O–H groups in total. The first-order valence-electron chi connectivity index (χ1n) is 18.6. The van der Waals surface area contributed by atoms with E-state index in [4.69, 9.17) is 13.2 Å². The van der Waals surface area contributed by atoms with Crippen LogP contribution in [0.25, 0.3) is 0 Å². The molecule has 0 amide bonds. The van der Waals surface area contributed by atoms with Crippen molar-refractivity contribution in [3.8, 4) is 0 Å². The third-order valence-electron chi connectivity index (χ3n) is 10.2. The summed E-state index contributed by atoms with van der Waals surface area (Å²) in [5, 5.41) is 1.29. The predicted molar refractivity (Wildman–Crippen MR) is 220 cm³/mol. The van der Waals surface area contributed by atoms with Gasteiger partial charge in [-0.1, -0.05) is 0 Å². The second-order valence-electron chi connectivity index (χ2n) is 19.4. The number of carbonyl (C=O) groups excluding carboxylic acids is 1. The van der Waals surface area contributed by atoms with Crippen LogP contribution in [0.15, 0.2) is 36.3 Å². The van der Waals surface area contributed by atoms with Gasteiger partial charge in [0.1, 0.15) is 0 Å². The fraction of sp³-hybridized carbons (Fsp3) is 0.636. The first-order chi connectivity index (χ1) is 22.6. The van der Waals surface area contributed by atoms with Crippen LogP contribution < -0.4 is 9.70 Å². The van der Waals surface area contributed by atoms with Gasteiger partial charge in [0, 0.05) is 0 Å². The number of benzene rings is 2. The van der Waals surface area contributed by atoms with Gasteiger partial charge in [-0.15, -0.1) is 0 Å². The summed E-state index contributed by atoms with van der Waals surface area (Å²) >= 11 is -4.19. The summed E-state index contributed by atoms with van der Waals surface area (Å²) in [4.78, 5) is 14.2. The molecule has 4 nitrogen and oxygen atoms in total. The molecule has 1 heterocycles. The molecule has 0 fully saturated rings. The molecule has 0 saturated heterocycles. The minimum atomic E-state index is -4.19. The Balaban J connectivity index is 2.85. The van der Waals surface area contributed by atoms with Gasteiger partial charge in [-0.25, -0.2) is 0 Å². The number of methoxy groups -OCH3 is 2. The zero-order chi connectivity index (χ0) is 38.5. The third-order valence-corrected chi connectivity index (χ3v) is 24.1. The molecule has 0 aliphatic carbocycles. The molecule has 2 atom stereocenters. The van der Waals surface area contributed by atoms with Crippen LogP contribution in [-0.2, 0) is 34.3 Å². The molecular weight excluding hydrogens is 696 g/mol. The third kappa shape index (κ3) is 8.28. The maximum absolute atomic E-state index is 14.2. The molecule has 2 aromatic carbocycles. The molecule has 1 aliphatic rings. The molecular formula is C44H69GeO4P. The topological polar surface area (TPSA) is 44.8 Å². The van der Waals surface area contributed by atoms with E-state index >= 15 is 0 Å². The van der Waals surface area contributed by atoms with Crippen molar-refractivity contribution in [1.29, 1.82) is 0 Å². The molecule has 0 saturated carbocycles. The Bertz CT molecular complexity index is 1570. The van der Waals surface area contributed by atoms with Gasteiger partial charge in [0.25, 0.3) is 0 Å². The van der Waals surface area contributed by atoms with Gasteiger partial charge in [0.2, 0.25) is 0 Å². The number of esters is 1. The van der Waals surface area contributed by atoms with Crippen LogP contribution in [-0.4, -0.2) is 37.9 Å². The second kappa shape index (κ2) is 14.8. The van der Waals surface area contributed by atoms with E-state index in [1.165, 1.54) is 50.2 Å². The monoisotopic (exact) mass is 766 g/mol. The Hall–Kier alpha value is -2.04. The zero-order valence-electron chi connectivity index (χ0n) is 35.3. The van der Waals surface area contributed by atoms with Crippen molar-refractivity contribution in [3.63, 3.8) is 0 Å². The molecule has 6 heteroatoms. The van der Waals surface area contributed by atoms with E-state index in [1.807, 2.05) is 6.08 Å².